The average Bonchev–Trinajstić information content (AvgIpc) is 2.11. The number of carbonyl (C=O) groups is 2. The van der Waals surface area contributed by atoms with E-state index in [0.717, 1.165) is 0 Å². The Morgan fingerprint density at radius 3 is 1.74 bits per heavy atom. The van der Waals surface area contributed by atoms with E-state index in [-0.39, 0.29) is 0 Å². The molecule has 0 bridgehead atoms. The highest BCUT2D eigenvalue weighted by atomic mass is 19.4. The van der Waals surface area contributed by atoms with Crippen molar-refractivity contribution >= 4 is 11.9 Å². The second kappa shape index (κ2) is 5.25. The molecule has 10 heteroatoms. The average molecular weight is 295 g/mol. The summed E-state index contributed by atoms with van der Waals surface area (Å²) in [5.74, 6) is -6.45. The molecule has 0 fully saturated rings. The van der Waals surface area contributed by atoms with E-state index in [1.807, 2.05) is 0 Å². The zero-order valence-electron chi connectivity index (χ0n) is 9.82. The lowest BCUT2D eigenvalue weighted by Crippen LogP contribution is -2.66. The molecule has 0 radical (unpaired) electrons. The second-order valence-electron chi connectivity index (χ2n) is 4.26. The summed E-state index contributed by atoms with van der Waals surface area (Å²) in [6, 6.07) is 0. The van der Waals surface area contributed by atoms with Gasteiger partial charge in [0, 0.05) is 0 Å². The first-order valence-electron chi connectivity index (χ1n) is 4.93. The van der Waals surface area contributed by atoms with Crippen LogP contribution in [-0.4, -0.2) is 34.9 Å². The molecule has 0 aromatic carbocycles. The Kier molecular flexibility index (Phi) is 4.84. The molecular formula is C9H11F6NO3. The SMILES string of the molecule is CC(C)CC(NC(=O)C(F)(F)F)(C(=O)O)C(F)(F)F. The highest BCUT2D eigenvalue weighted by Crippen LogP contribution is 2.36. The predicted molar refractivity (Wildman–Crippen MR) is 50.1 cm³/mol. The molecule has 1 amide bonds. The number of halogens is 6. The molecular weight excluding hydrogens is 284 g/mol. The normalized spacial score (nSPS) is 16.1. The molecule has 1 atom stereocenters. The fourth-order valence-corrected chi connectivity index (χ4v) is 1.38. The lowest BCUT2D eigenvalue weighted by molar-refractivity contribution is -0.221. The van der Waals surface area contributed by atoms with Gasteiger partial charge >= 0.3 is 24.2 Å². The lowest BCUT2D eigenvalue weighted by atomic mass is 9.88. The Bertz CT molecular complexity index is 362. The van der Waals surface area contributed by atoms with Crippen LogP contribution in [-0.2, 0) is 9.59 Å². The number of carboxylic acid groups (broad SMARTS) is 1. The fourth-order valence-electron chi connectivity index (χ4n) is 1.38. The molecule has 2 N–H and O–H groups in total. The summed E-state index contributed by atoms with van der Waals surface area (Å²) in [7, 11) is 0. The van der Waals surface area contributed by atoms with Gasteiger partial charge in [0.15, 0.2) is 0 Å². The van der Waals surface area contributed by atoms with Gasteiger partial charge in [-0.3, -0.25) is 4.79 Å². The van der Waals surface area contributed by atoms with Gasteiger partial charge in [-0.05, 0) is 12.3 Å². The van der Waals surface area contributed by atoms with Crippen molar-refractivity contribution in [3.8, 4) is 0 Å². The fraction of sp³-hybridized carbons (Fsp3) is 0.778. The number of aliphatic carboxylic acids is 1. The van der Waals surface area contributed by atoms with E-state index in [0.29, 0.717) is 5.32 Å². The van der Waals surface area contributed by atoms with Crippen LogP contribution >= 0.6 is 0 Å². The minimum Gasteiger partial charge on any atom is -0.479 e. The van der Waals surface area contributed by atoms with Gasteiger partial charge in [0.05, 0.1) is 0 Å². The van der Waals surface area contributed by atoms with Gasteiger partial charge < -0.3 is 10.4 Å². The van der Waals surface area contributed by atoms with E-state index in [1.165, 1.54) is 13.8 Å². The molecule has 1 unspecified atom stereocenters. The molecule has 19 heavy (non-hydrogen) atoms. The zero-order valence-corrected chi connectivity index (χ0v) is 9.82. The van der Waals surface area contributed by atoms with Crippen LogP contribution in [0, 0.1) is 5.92 Å². The molecule has 0 aliphatic heterocycles. The number of hydrogen-bond acceptors (Lipinski definition) is 2. The summed E-state index contributed by atoms with van der Waals surface area (Å²) in [6.45, 7) is 2.37. The smallest absolute Gasteiger partial charge is 0.471 e. The number of carboxylic acids is 1. The van der Waals surface area contributed by atoms with Crippen molar-refractivity contribution in [2.24, 2.45) is 5.92 Å². The largest absolute Gasteiger partial charge is 0.479 e. The van der Waals surface area contributed by atoms with Crippen LogP contribution in [0.4, 0.5) is 26.3 Å². The highest BCUT2D eigenvalue weighted by molar-refractivity contribution is 5.90. The first-order valence-corrected chi connectivity index (χ1v) is 4.93. The number of carbonyl (C=O) groups excluding carboxylic acids is 1. The molecule has 0 aliphatic carbocycles. The molecule has 0 spiro atoms. The van der Waals surface area contributed by atoms with Gasteiger partial charge in [-0.15, -0.1) is 0 Å². The first kappa shape index (κ1) is 17.5. The summed E-state index contributed by atoms with van der Waals surface area (Å²) >= 11 is 0. The van der Waals surface area contributed by atoms with Crippen molar-refractivity contribution in [2.75, 3.05) is 0 Å². The summed E-state index contributed by atoms with van der Waals surface area (Å²) < 4.78 is 74.3. The van der Waals surface area contributed by atoms with Crippen LogP contribution in [0.15, 0.2) is 0 Å². The van der Waals surface area contributed by atoms with Gasteiger partial charge in [-0.25, -0.2) is 4.79 Å². The Morgan fingerprint density at radius 1 is 1.11 bits per heavy atom. The van der Waals surface area contributed by atoms with Crippen LogP contribution in [0.25, 0.3) is 0 Å². The molecule has 0 aromatic heterocycles. The van der Waals surface area contributed by atoms with Crippen molar-refractivity contribution in [1.82, 2.24) is 5.32 Å². The number of amides is 1. The number of hydrogen-bond donors (Lipinski definition) is 2. The van der Waals surface area contributed by atoms with Crippen molar-refractivity contribution in [3.05, 3.63) is 0 Å². The number of alkyl halides is 6. The van der Waals surface area contributed by atoms with Gasteiger partial charge in [0.2, 0.25) is 5.54 Å². The zero-order chi connectivity index (χ0) is 15.6. The minimum absolute atomic E-state index is 0.553. The van der Waals surface area contributed by atoms with E-state index < -0.39 is 42.1 Å². The third-order valence-electron chi connectivity index (χ3n) is 2.15. The Balaban J connectivity index is 5.62. The molecule has 0 heterocycles. The Morgan fingerprint density at radius 2 is 1.53 bits per heavy atom. The van der Waals surface area contributed by atoms with Gasteiger partial charge in [0.25, 0.3) is 0 Å². The summed E-state index contributed by atoms with van der Waals surface area (Å²) in [5, 5.41) is 9.17. The van der Waals surface area contributed by atoms with Crippen molar-refractivity contribution in [1.29, 1.82) is 0 Å². The van der Waals surface area contributed by atoms with Crippen molar-refractivity contribution in [2.45, 2.75) is 38.2 Å². The molecule has 0 saturated heterocycles. The topological polar surface area (TPSA) is 66.4 Å². The molecule has 0 rings (SSSR count). The lowest BCUT2D eigenvalue weighted by Gasteiger charge is -2.33. The predicted octanol–water partition coefficient (Wildman–Crippen LogP) is 2.10. The summed E-state index contributed by atoms with van der Waals surface area (Å²) in [4.78, 5) is 21.4. The maximum absolute atomic E-state index is 12.8. The van der Waals surface area contributed by atoms with Crippen LogP contribution in [0.1, 0.15) is 20.3 Å². The molecule has 112 valence electrons. The van der Waals surface area contributed by atoms with Crippen molar-refractivity contribution < 1.29 is 41.0 Å². The van der Waals surface area contributed by atoms with E-state index in [9.17, 15) is 35.9 Å². The van der Waals surface area contributed by atoms with Crippen LogP contribution in [0.2, 0.25) is 0 Å². The minimum atomic E-state index is -5.61. The third-order valence-corrected chi connectivity index (χ3v) is 2.15. The quantitative estimate of drug-likeness (QED) is 0.781. The maximum Gasteiger partial charge on any atom is 0.471 e. The molecule has 0 aromatic rings. The van der Waals surface area contributed by atoms with Crippen LogP contribution in [0.5, 0.6) is 0 Å². The Hall–Kier alpha value is -1.48. The van der Waals surface area contributed by atoms with Crippen LogP contribution < -0.4 is 5.32 Å². The van der Waals surface area contributed by atoms with Gasteiger partial charge in [0.1, 0.15) is 0 Å². The Labute approximate surface area is 103 Å². The van der Waals surface area contributed by atoms with Crippen molar-refractivity contribution in [3.63, 3.8) is 0 Å². The number of rotatable bonds is 4. The second-order valence-corrected chi connectivity index (χ2v) is 4.26. The summed E-state index contributed by atoms with van der Waals surface area (Å²) in [5.41, 5.74) is -3.96. The number of nitrogens with one attached hydrogen (secondary N) is 1. The van der Waals surface area contributed by atoms with E-state index in [1.54, 1.807) is 0 Å². The molecule has 0 aliphatic rings. The third kappa shape index (κ3) is 4.00. The van der Waals surface area contributed by atoms with Crippen LogP contribution in [0.3, 0.4) is 0 Å². The molecule has 0 saturated carbocycles. The van der Waals surface area contributed by atoms with Gasteiger partial charge in [-0.2, -0.15) is 26.3 Å². The monoisotopic (exact) mass is 295 g/mol. The highest BCUT2D eigenvalue weighted by Gasteiger charge is 2.63. The van der Waals surface area contributed by atoms with Gasteiger partial charge in [-0.1, -0.05) is 13.8 Å². The summed E-state index contributed by atoms with van der Waals surface area (Å²) in [6.07, 6.45) is -12.4. The molecule has 4 nitrogen and oxygen atoms in total. The van der Waals surface area contributed by atoms with E-state index in [4.69, 9.17) is 5.11 Å². The van der Waals surface area contributed by atoms with E-state index in [2.05, 4.69) is 0 Å². The van der Waals surface area contributed by atoms with E-state index >= 15 is 0 Å². The first-order chi connectivity index (χ1) is 8.24. The maximum atomic E-state index is 12.8. The standard InChI is InChI=1S/C9H11F6NO3/c1-4(2)3-7(6(18)19,9(13,14)15)16-5(17)8(10,11)12/h4H,3H2,1-2H3,(H,16,17)(H,18,19).